The number of fused-ring (bicyclic) bond motifs is 1. The van der Waals surface area contributed by atoms with E-state index in [0.29, 0.717) is 23.6 Å². The van der Waals surface area contributed by atoms with Crippen LogP contribution in [-0.4, -0.2) is 12.7 Å². The van der Waals surface area contributed by atoms with E-state index in [1.165, 1.54) is 0 Å². The fraction of sp³-hybridized carbons (Fsp3) is 0.0952. The van der Waals surface area contributed by atoms with Crippen LogP contribution in [-0.2, 0) is 6.54 Å². The van der Waals surface area contributed by atoms with Gasteiger partial charge in [-0.1, -0.05) is 30.3 Å². The summed E-state index contributed by atoms with van der Waals surface area (Å²) in [7, 11) is 0. The van der Waals surface area contributed by atoms with Crippen LogP contribution in [0.1, 0.15) is 15.9 Å². The number of amides is 1. The highest BCUT2D eigenvalue weighted by atomic mass is 16.7. The van der Waals surface area contributed by atoms with Crippen molar-refractivity contribution in [1.29, 1.82) is 0 Å². The summed E-state index contributed by atoms with van der Waals surface area (Å²) in [4.78, 5) is 12.4. The average molecular weight is 347 g/mol. The van der Waals surface area contributed by atoms with Crippen molar-refractivity contribution < 1.29 is 19.0 Å². The van der Waals surface area contributed by atoms with Crippen molar-refractivity contribution in [1.82, 2.24) is 5.32 Å². The molecule has 0 spiro atoms. The van der Waals surface area contributed by atoms with Crippen molar-refractivity contribution in [3.05, 3.63) is 83.9 Å². The molecule has 1 aliphatic rings. The van der Waals surface area contributed by atoms with Crippen molar-refractivity contribution in [3.63, 3.8) is 0 Å². The summed E-state index contributed by atoms with van der Waals surface area (Å²) < 4.78 is 16.4. The lowest BCUT2D eigenvalue weighted by Crippen LogP contribution is -2.22. The van der Waals surface area contributed by atoms with Gasteiger partial charge in [0.2, 0.25) is 6.79 Å². The van der Waals surface area contributed by atoms with Crippen molar-refractivity contribution in [2.45, 2.75) is 6.54 Å². The minimum Gasteiger partial charge on any atom is -0.457 e. The van der Waals surface area contributed by atoms with Crippen LogP contribution in [0.3, 0.4) is 0 Å². The second-order valence-corrected chi connectivity index (χ2v) is 5.81. The fourth-order valence-electron chi connectivity index (χ4n) is 2.66. The van der Waals surface area contributed by atoms with Crippen LogP contribution < -0.4 is 19.5 Å². The van der Waals surface area contributed by atoms with E-state index in [2.05, 4.69) is 5.32 Å². The first-order valence-electron chi connectivity index (χ1n) is 8.28. The lowest BCUT2D eigenvalue weighted by Gasteiger charge is -2.09. The molecule has 0 atom stereocenters. The van der Waals surface area contributed by atoms with E-state index < -0.39 is 0 Å². The highest BCUT2D eigenvalue weighted by molar-refractivity contribution is 5.94. The molecule has 1 heterocycles. The Hall–Kier alpha value is -3.47. The van der Waals surface area contributed by atoms with E-state index in [-0.39, 0.29) is 12.7 Å². The van der Waals surface area contributed by atoms with Crippen molar-refractivity contribution in [2.24, 2.45) is 0 Å². The van der Waals surface area contributed by atoms with Gasteiger partial charge < -0.3 is 19.5 Å². The molecule has 4 rings (SSSR count). The molecule has 1 N–H and O–H groups in total. The van der Waals surface area contributed by atoms with Gasteiger partial charge in [0, 0.05) is 12.1 Å². The van der Waals surface area contributed by atoms with Gasteiger partial charge in [-0.15, -0.1) is 0 Å². The van der Waals surface area contributed by atoms with Crippen molar-refractivity contribution in [2.75, 3.05) is 6.79 Å². The standard InChI is InChI=1S/C21H17NO4/c23-21(22-13-15-9-10-19-20(11-15)25-14-24-19)16-5-4-8-18(12-16)26-17-6-2-1-3-7-17/h1-12H,13-14H2,(H,22,23). The van der Waals surface area contributed by atoms with Gasteiger partial charge in [0.1, 0.15) is 11.5 Å². The Bertz CT molecular complexity index is 924. The van der Waals surface area contributed by atoms with Crippen molar-refractivity contribution in [3.8, 4) is 23.0 Å². The molecule has 1 aliphatic heterocycles. The van der Waals surface area contributed by atoms with Gasteiger partial charge >= 0.3 is 0 Å². The van der Waals surface area contributed by atoms with E-state index in [1.807, 2.05) is 54.6 Å². The van der Waals surface area contributed by atoms with Gasteiger partial charge in [-0.3, -0.25) is 4.79 Å². The summed E-state index contributed by atoms with van der Waals surface area (Å²) in [5.74, 6) is 2.61. The van der Waals surface area contributed by atoms with Gasteiger partial charge in [-0.05, 0) is 48.0 Å². The molecule has 0 bridgehead atoms. The fourth-order valence-corrected chi connectivity index (χ4v) is 2.66. The first-order valence-corrected chi connectivity index (χ1v) is 8.28. The van der Waals surface area contributed by atoms with Crippen molar-refractivity contribution >= 4 is 5.91 Å². The third-order valence-electron chi connectivity index (χ3n) is 3.97. The van der Waals surface area contributed by atoms with Crippen LogP contribution >= 0.6 is 0 Å². The molecule has 0 saturated heterocycles. The largest absolute Gasteiger partial charge is 0.457 e. The lowest BCUT2D eigenvalue weighted by atomic mass is 10.1. The SMILES string of the molecule is O=C(NCc1ccc2c(c1)OCO2)c1cccc(Oc2ccccc2)c1. The highest BCUT2D eigenvalue weighted by Gasteiger charge is 2.14. The molecule has 0 unspecified atom stereocenters. The van der Waals surface area contributed by atoms with E-state index in [9.17, 15) is 4.79 Å². The third-order valence-corrected chi connectivity index (χ3v) is 3.97. The monoisotopic (exact) mass is 347 g/mol. The summed E-state index contributed by atoms with van der Waals surface area (Å²) >= 11 is 0. The molecular formula is C21H17NO4. The maximum atomic E-state index is 12.4. The number of ether oxygens (including phenoxy) is 3. The van der Waals surface area contributed by atoms with Crippen LogP contribution in [0, 0.1) is 0 Å². The number of hydrogen-bond donors (Lipinski definition) is 1. The first kappa shape index (κ1) is 16.0. The second-order valence-electron chi connectivity index (χ2n) is 5.81. The smallest absolute Gasteiger partial charge is 0.251 e. The van der Waals surface area contributed by atoms with E-state index in [0.717, 1.165) is 17.1 Å². The number of benzene rings is 3. The summed E-state index contributed by atoms with van der Waals surface area (Å²) in [5.41, 5.74) is 1.48. The van der Waals surface area contributed by atoms with Gasteiger partial charge in [0.15, 0.2) is 11.5 Å². The Balaban J connectivity index is 1.41. The maximum Gasteiger partial charge on any atom is 0.251 e. The summed E-state index contributed by atoms with van der Waals surface area (Å²) in [6.07, 6.45) is 0. The number of hydrogen-bond acceptors (Lipinski definition) is 4. The van der Waals surface area contributed by atoms with E-state index in [4.69, 9.17) is 14.2 Å². The Morgan fingerprint density at radius 1 is 0.885 bits per heavy atom. The van der Waals surface area contributed by atoms with Crippen LogP contribution in [0.4, 0.5) is 0 Å². The molecule has 3 aromatic rings. The normalized spacial score (nSPS) is 11.8. The van der Waals surface area contributed by atoms with E-state index in [1.54, 1.807) is 18.2 Å². The first-order chi connectivity index (χ1) is 12.8. The zero-order valence-electron chi connectivity index (χ0n) is 14.0. The Morgan fingerprint density at radius 3 is 2.58 bits per heavy atom. The van der Waals surface area contributed by atoms with Crippen LogP contribution in [0.15, 0.2) is 72.8 Å². The molecule has 3 aromatic carbocycles. The summed E-state index contributed by atoms with van der Waals surface area (Å²) in [6, 6.07) is 22.2. The lowest BCUT2D eigenvalue weighted by molar-refractivity contribution is 0.0950. The number of nitrogens with one attached hydrogen (secondary N) is 1. The van der Waals surface area contributed by atoms with Crippen LogP contribution in [0.2, 0.25) is 0 Å². The number of carbonyl (C=O) groups is 1. The van der Waals surface area contributed by atoms with Gasteiger partial charge in [-0.2, -0.15) is 0 Å². The quantitative estimate of drug-likeness (QED) is 0.754. The molecule has 0 saturated carbocycles. The van der Waals surface area contributed by atoms with Crippen LogP contribution in [0.25, 0.3) is 0 Å². The summed E-state index contributed by atoms with van der Waals surface area (Å²) in [5, 5.41) is 2.91. The predicted molar refractivity (Wildman–Crippen MR) is 96.7 cm³/mol. The molecule has 130 valence electrons. The Labute approximate surface area is 151 Å². The molecule has 26 heavy (non-hydrogen) atoms. The second kappa shape index (κ2) is 7.19. The van der Waals surface area contributed by atoms with Crippen LogP contribution in [0.5, 0.6) is 23.0 Å². The number of para-hydroxylation sites is 1. The molecule has 0 aliphatic carbocycles. The third kappa shape index (κ3) is 3.62. The van der Waals surface area contributed by atoms with Gasteiger partial charge in [0.05, 0.1) is 0 Å². The highest BCUT2D eigenvalue weighted by Crippen LogP contribution is 2.32. The predicted octanol–water partition coefficient (Wildman–Crippen LogP) is 4.14. The average Bonchev–Trinajstić information content (AvgIpc) is 3.15. The zero-order valence-corrected chi connectivity index (χ0v) is 14.0. The maximum absolute atomic E-state index is 12.4. The zero-order chi connectivity index (χ0) is 17.8. The molecule has 0 fully saturated rings. The van der Waals surface area contributed by atoms with E-state index >= 15 is 0 Å². The number of carbonyl (C=O) groups excluding carboxylic acids is 1. The Kier molecular flexibility index (Phi) is 4.43. The molecule has 0 aromatic heterocycles. The Morgan fingerprint density at radius 2 is 1.69 bits per heavy atom. The molecule has 1 amide bonds. The van der Waals surface area contributed by atoms with Gasteiger partial charge in [0.25, 0.3) is 5.91 Å². The number of rotatable bonds is 5. The molecular weight excluding hydrogens is 330 g/mol. The molecule has 0 radical (unpaired) electrons. The topological polar surface area (TPSA) is 56.8 Å². The van der Waals surface area contributed by atoms with Gasteiger partial charge in [-0.25, -0.2) is 0 Å². The summed E-state index contributed by atoms with van der Waals surface area (Å²) in [6.45, 7) is 0.637. The minimum absolute atomic E-state index is 0.166. The minimum atomic E-state index is -0.166. The molecule has 5 nitrogen and oxygen atoms in total. The molecule has 5 heteroatoms.